The minimum Gasteiger partial charge on any atom is -0.356 e. The van der Waals surface area contributed by atoms with Crippen LogP contribution in [0.4, 0.5) is 8.78 Å². The summed E-state index contributed by atoms with van der Waals surface area (Å²) in [6, 6.07) is 2.33. The fourth-order valence-electron chi connectivity index (χ4n) is 2.74. The van der Waals surface area contributed by atoms with Gasteiger partial charge < -0.3 is 11.1 Å². The Morgan fingerprint density at radius 1 is 1.35 bits per heavy atom. The van der Waals surface area contributed by atoms with Gasteiger partial charge in [0.2, 0.25) is 15.9 Å². The van der Waals surface area contributed by atoms with Crippen molar-refractivity contribution in [3.8, 4) is 0 Å². The minimum atomic E-state index is -4.12. The van der Waals surface area contributed by atoms with Crippen molar-refractivity contribution in [2.45, 2.75) is 37.1 Å². The van der Waals surface area contributed by atoms with Gasteiger partial charge in [0.05, 0.1) is 0 Å². The van der Waals surface area contributed by atoms with E-state index in [1.807, 2.05) is 6.92 Å². The van der Waals surface area contributed by atoms with Gasteiger partial charge in [-0.15, -0.1) is 12.4 Å². The number of benzene rings is 1. The number of carbonyl (C=O) groups excluding carboxylic acids is 1. The number of amides is 1. The highest BCUT2D eigenvalue weighted by atomic mass is 35.5. The average molecular weight is 412 g/mol. The summed E-state index contributed by atoms with van der Waals surface area (Å²) in [5.41, 5.74) is 5.62. The van der Waals surface area contributed by atoms with Gasteiger partial charge in [-0.1, -0.05) is 0 Å². The molecule has 0 spiro atoms. The molecule has 0 saturated carbocycles. The van der Waals surface area contributed by atoms with Crippen LogP contribution in [-0.4, -0.2) is 44.3 Å². The van der Waals surface area contributed by atoms with E-state index < -0.39 is 26.6 Å². The number of halogens is 3. The van der Waals surface area contributed by atoms with E-state index in [-0.39, 0.29) is 43.4 Å². The van der Waals surface area contributed by atoms with E-state index in [9.17, 15) is 22.0 Å². The molecule has 0 bridgehead atoms. The van der Waals surface area contributed by atoms with Gasteiger partial charge >= 0.3 is 0 Å². The maximum Gasteiger partial charge on any atom is 0.246 e. The first-order valence-corrected chi connectivity index (χ1v) is 9.64. The Balaban J connectivity index is 0.00000338. The standard InChI is InChI=1S/C16H23F2N3O3S.ClH/c1-11(19)4-7-20-16(22)12-5-8-21(9-6-12)25(23,24)15-10-13(17)2-3-14(15)18;/h2-3,10-12H,4-9,19H2,1H3,(H,20,22);1H. The highest BCUT2D eigenvalue weighted by molar-refractivity contribution is 7.89. The van der Waals surface area contributed by atoms with Crippen LogP contribution in [0.2, 0.25) is 0 Å². The van der Waals surface area contributed by atoms with Crippen molar-refractivity contribution < 1.29 is 22.0 Å². The molecule has 26 heavy (non-hydrogen) atoms. The topological polar surface area (TPSA) is 92.5 Å². The SMILES string of the molecule is CC(N)CCNC(=O)C1CCN(S(=O)(=O)c2cc(F)ccc2F)CC1.Cl. The number of piperidine rings is 1. The van der Waals surface area contributed by atoms with Crippen LogP contribution in [0.3, 0.4) is 0 Å². The van der Waals surface area contributed by atoms with Crippen molar-refractivity contribution in [1.82, 2.24) is 9.62 Å². The Labute approximate surface area is 158 Å². The third kappa shape index (κ3) is 5.60. The Morgan fingerprint density at radius 2 is 1.96 bits per heavy atom. The van der Waals surface area contributed by atoms with Gasteiger partial charge in [-0.05, 0) is 44.4 Å². The summed E-state index contributed by atoms with van der Waals surface area (Å²) in [6.07, 6.45) is 1.33. The first-order valence-electron chi connectivity index (χ1n) is 8.20. The van der Waals surface area contributed by atoms with Gasteiger partial charge in [0.1, 0.15) is 16.5 Å². The third-order valence-corrected chi connectivity index (χ3v) is 6.15. The molecule has 1 heterocycles. The number of nitrogens with two attached hydrogens (primary N) is 1. The van der Waals surface area contributed by atoms with Gasteiger partial charge in [0.15, 0.2) is 0 Å². The number of nitrogens with zero attached hydrogens (tertiary/aromatic N) is 1. The number of sulfonamides is 1. The van der Waals surface area contributed by atoms with E-state index >= 15 is 0 Å². The van der Waals surface area contributed by atoms with E-state index in [4.69, 9.17) is 5.73 Å². The molecule has 0 aromatic heterocycles. The predicted octanol–water partition coefficient (Wildman–Crippen LogP) is 1.64. The molecule has 1 amide bonds. The van der Waals surface area contributed by atoms with Crippen LogP contribution in [0.1, 0.15) is 26.2 Å². The number of carbonyl (C=O) groups is 1. The van der Waals surface area contributed by atoms with Gasteiger partial charge in [-0.3, -0.25) is 4.79 Å². The highest BCUT2D eigenvalue weighted by Gasteiger charge is 2.33. The zero-order chi connectivity index (χ0) is 18.6. The Hall–Kier alpha value is -1.29. The molecule has 1 unspecified atom stereocenters. The molecule has 1 saturated heterocycles. The molecule has 1 aliphatic heterocycles. The fraction of sp³-hybridized carbons (Fsp3) is 0.562. The fourth-order valence-corrected chi connectivity index (χ4v) is 4.29. The highest BCUT2D eigenvalue weighted by Crippen LogP contribution is 2.26. The molecule has 10 heteroatoms. The van der Waals surface area contributed by atoms with Crippen LogP contribution in [0, 0.1) is 17.6 Å². The second-order valence-corrected chi connectivity index (χ2v) is 8.22. The lowest BCUT2D eigenvalue weighted by atomic mass is 9.97. The molecule has 2 rings (SSSR count). The van der Waals surface area contributed by atoms with Crippen molar-refractivity contribution in [3.63, 3.8) is 0 Å². The first-order chi connectivity index (χ1) is 11.7. The van der Waals surface area contributed by atoms with E-state index in [0.717, 1.165) is 16.4 Å². The summed E-state index contributed by atoms with van der Waals surface area (Å²) in [5, 5.41) is 2.79. The lowest BCUT2D eigenvalue weighted by molar-refractivity contribution is -0.126. The van der Waals surface area contributed by atoms with Crippen molar-refractivity contribution in [2.75, 3.05) is 19.6 Å². The Kier molecular flexibility index (Phi) is 8.39. The molecule has 1 aromatic carbocycles. The summed E-state index contributed by atoms with van der Waals surface area (Å²) < 4.78 is 53.1. The van der Waals surface area contributed by atoms with Gasteiger partial charge in [-0.25, -0.2) is 17.2 Å². The second kappa shape index (κ2) is 9.59. The van der Waals surface area contributed by atoms with Crippen LogP contribution in [0.15, 0.2) is 23.1 Å². The summed E-state index contributed by atoms with van der Waals surface area (Å²) in [7, 11) is -4.12. The largest absolute Gasteiger partial charge is 0.356 e. The van der Waals surface area contributed by atoms with Gasteiger partial charge in [-0.2, -0.15) is 4.31 Å². The molecule has 1 atom stereocenters. The first kappa shape index (κ1) is 22.8. The number of nitrogens with one attached hydrogen (secondary N) is 1. The molecule has 0 aliphatic carbocycles. The maximum atomic E-state index is 13.8. The predicted molar refractivity (Wildman–Crippen MR) is 96.4 cm³/mol. The van der Waals surface area contributed by atoms with Gasteiger partial charge in [0, 0.05) is 31.6 Å². The molecule has 3 N–H and O–H groups in total. The smallest absolute Gasteiger partial charge is 0.246 e. The summed E-state index contributed by atoms with van der Waals surface area (Å²) in [4.78, 5) is 11.4. The molecule has 1 aliphatic rings. The quantitative estimate of drug-likeness (QED) is 0.744. The lowest BCUT2D eigenvalue weighted by Gasteiger charge is -2.30. The molecule has 1 aromatic rings. The number of hydrogen-bond acceptors (Lipinski definition) is 4. The van der Waals surface area contributed by atoms with E-state index in [2.05, 4.69) is 5.32 Å². The second-order valence-electron chi connectivity index (χ2n) is 6.31. The summed E-state index contributed by atoms with van der Waals surface area (Å²) in [6.45, 7) is 2.50. The number of rotatable bonds is 6. The molecule has 6 nitrogen and oxygen atoms in total. The maximum absolute atomic E-state index is 13.8. The normalized spacial score (nSPS) is 17.4. The van der Waals surface area contributed by atoms with E-state index in [1.54, 1.807) is 0 Å². The van der Waals surface area contributed by atoms with Crippen LogP contribution >= 0.6 is 12.4 Å². The summed E-state index contributed by atoms with van der Waals surface area (Å²) in [5.74, 6) is -2.23. The minimum absolute atomic E-state index is 0. The van der Waals surface area contributed by atoms with Crippen molar-refractivity contribution in [3.05, 3.63) is 29.8 Å². The van der Waals surface area contributed by atoms with Crippen LogP contribution in [-0.2, 0) is 14.8 Å². The van der Waals surface area contributed by atoms with E-state index in [0.29, 0.717) is 31.9 Å². The zero-order valence-electron chi connectivity index (χ0n) is 14.5. The van der Waals surface area contributed by atoms with Crippen LogP contribution in [0.5, 0.6) is 0 Å². The van der Waals surface area contributed by atoms with Crippen molar-refractivity contribution >= 4 is 28.3 Å². The van der Waals surface area contributed by atoms with Crippen LogP contribution < -0.4 is 11.1 Å². The van der Waals surface area contributed by atoms with Gasteiger partial charge in [0.25, 0.3) is 0 Å². The van der Waals surface area contributed by atoms with Crippen molar-refractivity contribution in [2.24, 2.45) is 11.7 Å². The Morgan fingerprint density at radius 3 is 2.54 bits per heavy atom. The molecule has 148 valence electrons. The van der Waals surface area contributed by atoms with E-state index in [1.165, 1.54) is 0 Å². The Bertz CT molecular complexity index is 723. The lowest BCUT2D eigenvalue weighted by Crippen LogP contribution is -2.43. The monoisotopic (exact) mass is 411 g/mol. The van der Waals surface area contributed by atoms with Crippen LogP contribution in [0.25, 0.3) is 0 Å². The molecular weight excluding hydrogens is 388 g/mol. The average Bonchev–Trinajstić information content (AvgIpc) is 2.56. The molecule has 1 fully saturated rings. The summed E-state index contributed by atoms with van der Waals surface area (Å²) >= 11 is 0. The van der Waals surface area contributed by atoms with Crippen molar-refractivity contribution in [1.29, 1.82) is 0 Å². The molecule has 0 radical (unpaired) electrons. The molecular formula is C16H24ClF2N3O3S. The third-order valence-electron chi connectivity index (χ3n) is 4.23. The zero-order valence-corrected chi connectivity index (χ0v) is 16.1. The number of hydrogen-bond donors (Lipinski definition) is 2.